The Balaban J connectivity index is 0.0000000996. The normalized spacial score (nSPS) is 54.7. The number of Topliss-reactive ketones (excluding diaryl/α,β-unsaturated/α-hetero) is 1. The molecule has 0 aromatic heterocycles. The second kappa shape index (κ2) is 4.33. The minimum Gasteiger partial charge on any atom is -0.462 e. The third-order valence-electron chi connectivity index (χ3n) is 7.58. The van der Waals surface area contributed by atoms with Crippen molar-refractivity contribution in [3.05, 3.63) is 0 Å². The molecule has 0 spiro atoms. The van der Waals surface area contributed by atoms with Crippen molar-refractivity contribution >= 4 is 11.8 Å². The van der Waals surface area contributed by atoms with Gasteiger partial charge < -0.3 is 4.74 Å². The zero-order valence-corrected chi connectivity index (χ0v) is 12.5. The standard InChI is InChI=1S/C9H12O2.C9H12O/c10-9-6-3-1-5-2-4-7(11-9)8(5)6;10-9-6-3-1-5-2-4-7(9)8(5)6/h5-8H,1-4H2;5-8H,1-4H2/t5-,6-,7+,8+;5?,6-,7+,8?/m1./s1. The van der Waals surface area contributed by atoms with Gasteiger partial charge >= 0.3 is 5.97 Å². The summed E-state index contributed by atoms with van der Waals surface area (Å²) < 4.78 is 5.28. The molecule has 5 saturated carbocycles. The van der Waals surface area contributed by atoms with E-state index in [1.165, 1.54) is 38.5 Å². The van der Waals surface area contributed by atoms with Crippen LogP contribution < -0.4 is 0 Å². The van der Waals surface area contributed by atoms with E-state index in [1.54, 1.807) is 0 Å². The van der Waals surface area contributed by atoms with Crippen molar-refractivity contribution in [3.8, 4) is 0 Å². The lowest BCUT2D eigenvalue weighted by molar-refractivity contribution is -0.144. The van der Waals surface area contributed by atoms with Crippen LogP contribution in [0.25, 0.3) is 0 Å². The Hall–Kier alpha value is -0.860. The Morgan fingerprint density at radius 1 is 0.667 bits per heavy atom. The highest BCUT2D eigenvalue weighted by atomic mass is 16.6. The minimum absolute atomic E-state index is 0.0993. The average molecular weight is 288 g/mol. The largest absolute Gasteiger partial charge is 0.462 e. The van der Waals surface area contributed by atoms with Crippen molar-refractivity contribution < 1.29 is 14.3 Å². The maximum Gasteiger partial charge on any atom is 0.309 e. The van der Waals surface area contributed by atoms with Gasteiger partial charge in [-0.15, -0.1) is 0 Å². The van der Waals surface area contributed by atoms with Crippen molar-refractivity contribution in [2.45, 2.75) is 57.5 Å². The van der Waals surface area contributed by atoms with Crippen LogP contribution in [-0.4, -0.2) is 17.9 Å². The number of carbonyl (C=O) groups excluding carboxylic acids is 2. The molecule has 21 heavy (non-hydrogen) atoms. The molecule has 6 aliphatic rings. The number of esters is 1. The van der Waals surface area contributed by atoms with Gasteiger partial charge in [-0.25, -0.2) is 0 Å². The van der Waals surface area contributed by atoms with Gasteiger partial charge in [-0.3, -0.25) is 9.59 Å². The number of ether oxygens (including phenoxy) is 1. The van der Waals surface area contributed by atoms with E-state index in [9.17, 15) is 9.59 Å². The molecule has 6 fully saturated rings. The van der Waals surface area contributed by atoms with Crippen LogP contribution in [0.1, 0.15) is 51.4 Å². The summed E-state index contributed by atoms with van der Waals surface area (Å²) in [7, 11) is 0. The molecule has 3 heteroatoms. The molecule has 0 amide bonds. The van der Waals surface area contributed by atoms with Crippen molar-refractivity contribution in [1.82, 2.24) is 0 Å². The first-order valence-electron chi connectivity index (χ1n) is 8.98. The SMILES string of the molecule is O=C1O[C@H]2CC[C@H]3CC[C@@H]1[C@H]32.O=C1[C@H]2CCC3CC[C@@H]1C32. The van der Waals surface area contributed by atoms with Gasteiger partial charge in [-0.1, -0.05) is 0 Å². The topological polar surface area (TPSA) is 43.4 Å². The predicted molar refractivity (Wildman–Crippen MR) is 76.3 cm³/mol. The first-order valence-corrected chi connectivity index (χ1v) is 8.98. The van der Waals surface area contributed by atoms with Gasteiger partial charge in [0.05, 0.1) is 5.92 Å². The fraction of sp³-hybridized carbons (Fsp3) is 0.889. The lowest BCUT2D eigenvalue weighted by Crippen LogP contribution is -2.42. The summed E-state index contributed by atoms with van der Waals surface area (Å²) in [5.41, 5.74) is 0. The molecule has 0 radical (unpaired) electrons. The number of rotatable bonds is 0. The Labute approximate surface area is 125 Å². The lowest BCUT2D eigenvalue weighted by Gasteiger charge is -2.35. The molecule has 6 rings (SSSR count). The summed E-state index contributed by atoms with van der Waals surface area (Å²) in [4.78, 5) is 22.5. The van der Waals surface area contributed by atoms with Crippen LogP contribution in [0.3, 0.4) is 0 Å². The molecule has 5 aliphatic carbocycles. The first-order chi connectivity index (χ1) is 10.2. The summed E-state index contributed by atoms with van der Waals surface area (Å²) in [5, 5.41) is 0. The van der Waals surface area contributed by atoms with Crippen LogP contribution in [0.5, 0.6) is 0 Å². The van der Waals surface area contributed by atoms with Gasteiger partial charge in [0.15, 0.2) is 0 Å². The number of carbonyl (C=O) groups is 2. The Morgan fingerprint density at radius 3 is 1.95 bits per heavy atom. The summed E-state index contributed by atoms with van der Waals surface area (Å²) in [6.07, 6.45) is 10.3. The molecular formula is C18H24O3. The van der Waals surface area contributed by atoms with Crippen molar-refractivity contribution in [3.63, 3.8) is 0 Å². The average Bonchev–Trinajstić information content (AvgIpc) is 3.20. The van der Waals surface area contributed by atoms with Crippen LogP contribution in [0.2, 0.25) is 0 Å². The molecule has 1 saturated heterocycles. The van der Waals surface area contributed by atoms with Crippen molar-refractivity contribution in [2.24, 2.45) is 41.4 Å². The maximum atomic E-state index is 11.3. The monoisotopic (exact) mass is 288 g/mol. The van der Waals surface area contributed by atoms with E-state index in [2.05, 4.69) is 0 Å². The van der Waals surface area contributed by atoms with Gasteiger partial charge in [0.25, 0.3) is 0 Å². The number of ketones is 1. The summed E-state index contributed by atoms with van der Waals surface area (Å²) >= 11 is 0. The molecule has 3 nitrogen and oxygen atoms in total. The van der Waals surface area contributed by atoms with E-state index in [0.717, 1.165) is 30.6 Å². The highest BCUT2D eigenvalue weighted by Gasteiger charge is 2.59. The molecule has 2 unspecified atom stereocenters. The van der Waals surface area contributed by atoms with Crippen LogP contribution in [0, 0.1) is 41.4 Å². The van der Waals surface area contributed by atoms with Crippen LogP contribution in [0.4, 0.5) is 0 Å². The smallest absolute Gasteiger partial charge is 0.309 e. The third-order valence-corrected chi connectivity index (χ3v) is 7.58. The Bertz CT molecular complexity index is 481. The second-order valence-electron chi connectivity index (χ2n) is 8.18. The fourth-order valence-corrected chi connectivity index (χ4v) is 6.69. The van der Waals surface area contributed by atoms with E-state index in [-0.39, 0.29) is 5.97 Å². The third kappa shape index (κ3) is 1.61. The minimum atomic E-state index is 0.0993. The molecule has 0 bridgehead atoms. The van der Waals surface area contributed by atoms with E-state index in [0.29, 0.717) is 35.6 Å². The molecule has 1 aliphatic heterocycles. The van der Waals surface area contributed by atoms with E-state index in [1.807, 2.05) is 0 Å². The van der Waals surface area contributed by atoms with Gasteiger partial charge in [0.1, 0.15) is 11.9 Å². The number of hydrogen-bond acceptors (Lipinski definition) is 3. The van der Waals surface area contributed by atoms with E-state index in [4.69, 9.17) is 4.74 Å². The van der Waals surface area contributed by atoms with Crippen LogP contribution in [-0.2, 0) is 14.3 Å². The van der Waals surface area contributed by atoms with Crippen molar-refractivity contribution in [2.75, 3.05) is 0 Å². The number of hydrogen-bond donors (Lipinski definition) is 0. The Kier molecular flexibility index (Phi) is 2.61. The summed E-state index contributed by atoms with van der Waals surface area (Å²) in [6, 6.07) is 0. The quantitative estimate of drug-likeness (QED) is 0.644. The lowest BCUT2D eigenvalue weighted by atomic mass is 9.66. The molecule has 1 heterocycles. The van der Waals surface area contributed by atoms with Gasteiger partial charge in [0.2, 0.25) is 0 Å². The zero-order chi connectivity index (χ0) is 14.1. The van der Waals surface area contributed by atoms with Crippen LogP contribution in [0.15, 0.2) is 0 Å². The molecule has 0 aromatic rings. The maximum absolute atomic E-state index is 11.3. The highest BCUT2D eigenvalue weighted by Crippen LogP contribution is 2.59. The van der Waals surface area contributed by atoms with Crippen LogP contribution >= 0.6 is 0 Å². The highest BCUT2D eigenvalue weighted by molar-refractivity contribution is 5.91. The van der Waals surface area contributed by atoms with E-state index >= 15 is 0 Å². The van der Waals surface area contributed by atoms with Gasteiger partial charge in [-0.2, -0.15) is 0 Å². The van der Waals surface area contributed by atoms with Gasteiger partial charge in [0, 0.05) is 17.8 Å². The molecular weight excluding hydrogens is 264 g/mol. The molecule has 0 N–H and O–H groups in total. The first kappa shape index (κ1) is 12.7. The fourth-order valence-electron chi connectivity index (χ4n) is 6.69. The predicted octanol–water partition coefficient (Wildman–Crippen LogP) is 2.97. The zero-order valence-electron chi connectivity index (χ0n) is 12.5. The molecule has 114 valence electrons. The molecule has 0 aromatic carbocycles. The Morgan fingerprint density at radius 2 is 1.24 bits per heavy atom. The summed E-state index contributed by atoms with van der Waals surface area (Å²) in [5.74, 6) is 5.38. The van der Waals surface area contributed by atoms with E-state index < -0.39 is 0 Å². The second-order valence-corrected chi connectivity index (χ2v) is 8.18. The van der Waals surface area contributed by atoms with Crippen molar-refractivity contribution in [1.29, 1.82) is 0 Å². The summed E-state index contributed by atoms with van der Waals surface area (Å²) in [6.45, 7) is 0. The van der Waals surface area contributed by atoms with Gasteiger partial charge in [-0.05, 0) is 69.1 Å². The molecule has 8 atom stereocenters.